The fourth-order valence-corrected chi connectivity index (χ4v) is 3.40. The predicted octanol–water partition coefficient (Wildman–Crippen LogP) is 3.07. The summed E-state index contributed by atoms with van der Waals surface area (Å²) < 4.78 is 0. The van der Waals surface area contributed by atoms with Crippen LogP contribution in [0.3, 0.4) is 0 Å². The summed E-state index contributed by atoms with van der Waals surface area (Å²) >= 11 is 0. The second-order valence-electron chi connectivity index (χ2n) is 5.08. The minimum atomic E-state index is -0.607. The van der Waals surface area contributed by atoms with Gasteiger partial charge in [0.05, 0.1) is 0 Å². The van der Waals surface area contributed by atoms with E-state index < -0.39 is 5.97 Å². The maximum Gasteiger partial charge on any atom is 0.303 e. The molecule has 2 aliphatic rings. The number of carboxylic acids is 1. The van der Waals surface area contributed by atoms with Gasteiger partial charge in [0, 0.05) is 6.42 Å². The second-order valence-corrected chi connectivity index (χ2v) is 5.08. The first-order chi connectivity index (χ1) is 6.75. The van der Waals surface area contributed by atoms with E-state index in [9.17, 15) is 4.79 Å². The van der Waals surface area contributed by atoms with Crippen LogP contribution in [0, 0.1) is 17.8 Å². The highest BCUT2D eigenvalue weighted by atomic mass is 16.4. The van der Waals surface area contributed by atoms with Gasteiger partial charge in [-0.05, 0) is 37.0 Å². The van der Waals surface area contributed by atoms with Gasteiger partial charge in [-0.2, -0.15) is 0 Å². The van der Waals surface area contributed by atoms with Crippen LogP contribution in [-0.2, 0) is 4.79 Å². The Morgan fingerprint density at radius 1 is 1.07 bits per heavy atom. The van der Waals surface area contributed by atoms with Crippen LogP contribution in [0.2, 0.25) is 0 Å². The Balaban J connectivity index is 1.86. The Hall–Kier alpha value is -0.530. The molecule has 2 saturated carbocycles. The normalized spacial score (nSPS) is 37.6. The maximum absolute atomic E-state index is 10.6. The lowest BCUT2D eigenvalue weighted by molar-refractivity contribution is -0.138. The smallest absolute Gasteiger partial charge is 0.303 e. The molecule has 0 aromatic heterocycles. The molecule has 0 radical (unpaired) electrons. The fourth-order valence-electron chi connectivity index (χ4n) is 3.40. The molecule has 80 valence electrons. The van der Waals surface area contributed by atoms with Crippen LogP contribution in [0.1, 0.15) is 51.4 Å². The summed E-state index contributed by atoms with van der Waals surface area (Å²) in [5, 5.41) is 8.76. The van der Waals surface area contributed by atoms with Gasteiger partial charge < -0.3 is 5.11 Å². The number of hydrogen-bond acceptors (Lipinski definition) is 1. The van der Waals surface area contributed by atoms with Crippen molar-refractivity contribution in [3.8, 4) is 0 Å². The molecule has 14 heavy (non-hydrogen) atoms. The minimum Gasteiger partial charge on any atom is -0.481 e. The molecule has 2 fully saturated rings. The average molecular weight is 196 g/mol. The van der Waals surface area contributed by atoms with Crippen molar-refractivity contribution in [1.29, 1.82) is 0 Å². The van der Waals surface area contributed by atoms with Crippen molar-refractivity contribution in [3.05, 3.63) is 0 Å². The molecule has 0 saturated heterocycles. The van der Waals surface area contributed by atoms with Crippen molar-refractivity contribution < 1.29 is 9.90 Å². The van der Waals surface area contributed by atoms with Crippen LogP contribution >= 0.6 is 0 Å². The number of hydrogen-bond donors (Lipinski definition) is 1. The predicted molar refractivity (Wildman–Crippen MR) is 55.0 cm³/mol. The Morgan fingerprint density at radius 3 is 2.50 bits per heavy atom. The van der Waals surface area contributed by atoms with E-state index >= 15 is 0 Å². The molecule has 2 heteroatoms. The van der Waals surface area contributed by atoms with E-state index in [1.807, 2.05) is 0 Å². The molecule has 0 bridgehead atoms. The summed E-state index contributed by atoms with van der Waals surface area (Å²) in [6.45, 7) is 0. The second kappa shape index (κ2) is 4.33. The SMILES string of the molecule is O=C(O)CC1CCC2CCCCC2C1. The van der Waals surface area contributed by atoms with Gasteiger partial charge >= 0.3 is 5.97 Å². The highest BCUT2D eigenvalue weighted by Gasteiger charge is 2.32. The van der Waals surface area contributed by atoms with E-state index in [1.165, 1.54) is 38.5 Å². The first-order valence-electron chi connectivity index (χ1n) is 5.97. The largest absolute Gasteiger partial charge is 0.481 e. The van der Waals surface area contributed by atoms with Crippen molar-refractivity contribution in [2.24, 2.45) is 17.8 Å². The zero-order valence-electron chi connectivity index (χ0n) is 8.74. The van der Waals surface area contributed by atoms with E-state index in [1.54, 1.807) is 0 Å². The molecule has 2 aliphatic carbocycles. The topological polar surface area (TPSA) is 37.3 Å². The van der Waals surface area contributed by atoms with Crippen LogP contribution in [0.25, 0.3) is 0 Å². The van der Waals surface area contributed by atoms with Crippen molar-refractivity contribution in [1.82, 2.24) is 0 Å². The van der Waals surface area contributed by atoms with Crippen LogP contribution in [0.5, 0.6) is 0 Å². The number of aliphatic carboxylic acids is 1. The highest BCUT2D eigenvalue weighted by Crippen LogP contribution is 2.43. The molecule has 1 N–H and O–H groups in total. The van der Waals surface area contributed by atoms with Crippen LogP contribution in [-0.4, -0.2) is 11.1 Å². The summed E-state index contributed by atoms with van der Waals surface area (Å²) in [6.07, 6.45) is 9.60. The maximum atomic E-state index is 10.6. The summed E-state index contributed by atoms with van der Waals surface area (Å²) in [6, 6.07) is 0. The summed E-state index contributed by atoms with van der Waals surface area (Å²) in [4.78, 5) is 10.6. The number of rotatable bonds is 2. The molecule has 3 unspecified atom stereocenters. The first kappa shape index (κ1) is 10.0. The Morgan fingerprint density at radius 2 is 1.79 bits per heavy atom. The summed E-state index contributed by atoms with van der Waals surface area (Å²) in [5.41, 5.74) is 0. The molecule has 3 atom stereocenters. The van der Waals surface area contributed by atoms with Gasteiger partial charge in [0.25, 0.3) is 0 Å². The highest BCUT2D eigenvalue weighted by molar-refractivity contribution is 5.67. The molecular weight excluding hydrogens is 176 g/mol. The third-order valence-corrected chi connectivity index (χ3v) is 4.11. The van der Waals surface area contributed by atoms with Crippen molar-refractivity contribution >= 4 is 5.97 Å². The van der Waals surface area contributed by atoms with Crippen molar-refractivity contribution in [2.45, 2.75) is 51.4 Å². The Kier molecular flexibility index (Phi) is 3.09. The Bertz CT molecular complexity index is 212. The first-order valence-corrected chi connectivity index (χ1v) is 5.97. The zero-order chi connectivity index (χ0) is 9.97. The summed E-state index contributed by atoms with van der Waals surface area (Å²) in [7, 11) is 0. The molecule has 2 nitrogen and oxygen atoms in total. The Labute approximate surface area is 85.7 Å². The molecular formula is C12H20O2. The van der Waals surface area contributed by atoms with E-state index in [4.69, 9.17) is 5.11 Å². The summed E-state index contributed by atoms with van der Waals surface area (Å²) in [5.74, 6) is 1.67. The van der Waals surface area contributed by atoms with Crippen LogP contribution in [0.15, 0.2) is 0 Å². The van der Waals surface area contributed by atoms with Gasteiger partial charge in [-0.25, -0.2) is 0 Å². The lowest BCUT2D eigenvalue weighted by Gasteiger charge is -2.38. The molecule has 2 rings (SSSR count). The molecule has 0 aromatic rings. The quantitative estimate of drug-likeness (QED) is 0.737. The lowest BCUT2D eigenvalue weighted by Crippen LogP contribution is -2.28. The third kappa shape index (κ3) is 2.28. The van der Waals surface area contributed by atoms with Crippen LogP contribution < -0.4 is 0 Å². The van der Waals surface area contributed by atoms with Gasteiger partial charge in [0.15, 0.2) is 0 Å². The van der Waals surface area contributed by atoms with Gasteiger partial charge in [0.2, 0.25) is 0 Å². The van der Waals surface area contributed by atoms with Crippen LogP contribution in [0.4, 0.5) is 0 Å². The standard InChI is InChI=1S/C12H20O2/c13-12(14)8-9-5-6-10-3-1-2-4-11(10)7-9/h9-11H,1-8H2,(H,13,14). The van der Waals surface area contributed by atoms with Gasteiger partial charge in [-0.15, -0.1) is 0 Å². The van der Waals surface area contributed by atoms with Crippen molar-refractivity contribution in [3.63, 3.8) is 0 Å². The zero-order valence-corrected chi connectivity index (χ0v) is 8.74. The average Bonchev–Trinajstić information content (AvgIpc) is 2.17. The minimum absolute atomic E-state index is 0.406. The molecule has 0 spiro atoms. The third-order valence-electron chi connectivity index (χ3n) is 4.11. The van der Waals surface area contributed by atoms with Gasteiger partial charge in [-0.3, -0.25) is 4.79 Å². The van der Waals surface area contributed by atoms with E-state index in [-0.39, 0.29) is 0 Å². The van der Waals surface area contributed by atoms with Gasteiger partial charge in [0.1, 0.15) is 0 Å². The van der Waals surface area contributed by atoms with Crippen molar-refractivity contribution in [2.75, 3.05) is 0 Å². The number of fused-ring (bicyclic) bond motifs is 1. The molecule has 0 heterocycles. The van der Waals surface area contributed by atoms with E-state index in [2.05, 4.69) is 0 Å². The molecule has 0 amide bonds. The van der Waals surface area contributed by atoms with Gasteiger partial charge in [-0.1, -0.05) is 25.7 Å². The van der Waals surface area contributed by atoms with E-state index in [0.717, 1.165) is 18.3 Å². The van der Waals surface area contributed by atoms with E-state index in [0.29, 0.717) is 12.3 Å². The fraction of sp³-hybridized carbons (Fsp3) is 0.917. The molecule has 0 aliphatic heterocycles. The molecule has 0 aromatic carbocycles. The monoisotopic (exact) mass is 196 g/mol. The number of carboxylic acid groups (broad SMARTS) is 1. The number of carbonyl (C=O) groups is 1. The lowest BCUT2D eigenvalue weighted by atomic mass is 9.67.